The highest BCUT2D eigenvalue weighted by Crippen LogP contribution is 2.38. The second-order valence-electron chi connectivity index (χ2n) is 27.9. The van der Waals surface area contributed by atoms with Gasteiger partial charge in [-0.25, -0.2) is 0 Å². The first kappa shape index (κ1) is 95.1. The third-order valence-corrected chi connectivity index (χ3v) is 19.2. The summed E-state index contributed by atoms with van der Waals surface area (Å²) in [7, 11) is 17.9. The highest BCUT2D eigenvalue weighted by atomic mass is 16.6. The van der Waals surface area contributed by atoms with Gasteiger partial charge in [0.2, 0.25) is 0 Å². The molecule has 0 radical (unpaired) electrons. The number of nitro groups is 1. The maximum Gasteiger partial charge on any atom is 0.323 e. The molecule has 108 heavy (non-hydrogen) atoms. The molecule has 0 bridgehead atoms. The molecule has 10 rings (SSSR count). The normalized spacial score (nSPS) is 27.8. The summed E-state index contributed by atoms with van der Waals surface area (Å²) in [6.07, 6.45) is 4.95. The van der Waals surface area contributed by atoms with Crippen LogP contribution in [-0.2, 0) is 47.7 Å². The van der Waals surface area contributed by atoms with Crippen LogP contribution in [0.25, 0.3) is 0 Å². The number of carboxylic acid groups (broad SMARTS) is 2. The number of likely N-dealkylation sites (N-methyl/N-ethyl adjacent to an activating group) is 4. The number of anilines is 1. The van der Waals surface area contributed by atoms with Crippen LogP contribution in [0.2, 0.25) is 0 Å². The van der Waals surface area contributed by atoms with Crippen molar-refractivity contribution in [2.45, 2.75) is 176 Å². The van der Waals surface area contributed by atoms with Crippen molar-refractivity contribution in [1.29, 1.82) is 0 Å². The van der Waals surface area contributed by atoms with Gasteiger partial charge in [0.05, 0.1) is 131 Å². The Morgan fingerprint density at radius 1 is 0.463 bits per heavy atom. The fourth-order valence-electron chi connectivity index (χ4n) is 13.7. The molecule has 2 amide bonds. The van der Waals surface area contributed by atoms with Crippen LogP contribution in [0.4, 0.5) is 11.4 Å². The topological polar surface area (TPSA) is 514 Å². The molecule has 2 saturated carbocycles. The van der Waals surface area contributed by atoms with E-state index in [1.807, 2.05) is 19.0 Å². The summed E-state index contributed by atoms with van der Waals surface area (Å²) in [6.45, 7) is 7.39. The molecule has 0 aromatic heterocycles. The van der Waals surface area contributed by atoms with E-state index in [-0.39, 0.29) is 133 Å². The van der Waals surface area contributed by atoms with Crippen LogP contribution in [-0.4, -0.2) is 368 Å². The molecule has 16 atom stereocenters. The quantitative estimate of drug-likeness (QED) is 0.0272. The SMILES string of the molecule is CN1C[C@H](O)C[C@H]1C(=O)O.CN1C[C@H](O)C[C@H]1CO.COC(=O)[C@@H]1C[C@@H](O)CN1C.COC[C@@H]1C[C@@H](O)CN1C.COC[C@@H]1C[C@@H](O)CN1C(=O)c1cc(OC)c(OC(C)=O)cc1N.COC[C@@H]1C[C@@H](O)CN1C(=O)c1cc(OC)c(OC(C)=O)cc1[N+](=O)[O-].COC[C@H]1CC[C@H](O)C1.O=C(O)[C@H]1CC[C@H](O)C1. The summed E-state index contributed by atoms with van der Waals surface area (Å²) in [6, 6.07) is 4.18. The summed E-state index contributed by atoms with van der Waals surface area (Å²) < 4.78 is 44.9. The molecule has 2 aliphatic carbocycles. The summed E-state index contributed by atoms with van der Waals surface area (Å²) >= 11 is 0. The number of methoxy groups -OCH3 is 7. The predicted octanol–water partition coefficient (Wildman–Crippen LogP) is -0.697. The zero-order valence-corrected chi connectivity index (χ0v) is 64.3. The lowest BCUT2D eigenvalue weighted by Crippen LogP contribution is -2.38. The van der Waals surface area contributed by atoms with Gasteiger partial charge < -0.3 is 114 Å². The van der Waals surface area contributed by atoms with Crippen molar-refractivity contribution in [3.63, 3.8) is 0 Å². The summed E-state index contributed by atoms with van der Waals surface area (Å²) in [5.74, 6) is -3.49. The molecule has 0 unspecified atom stereocenters. The Balaban J connectivity index is 0.000000335. The van der Waals surface area contributed by atoms with Crippen molar-refractivity contribution in [2.24, 2.45) is 11.8 Å². The molecule has 8 fully saturated rings. The number of amides is 2. The van der Waals surface area contributed by atoms with Crippen molar-refractivity contribution in [1.82, 2.24) is 29.4 Å². The van der Waals surface area contributed by atoms with E-state index >= 15 is 0 Å². The molecule has 13 N–H and O–H groups in total. The first-order valence-corrected chi connectivity index (χ1v) is 35.6. The average molecular weight is 1550 g/mol. The van der Waals surface area contributed by atoms with Gasteiger partial charge in [-0.2, -0.15) is 0 Å². The Morgan fingerprint density at radius 2 is 0.861 bits per heavy atom. The van der Waals surface area contributed by atoms with Crippen LogP contribution in [0.1, 0.15) is 112 Å². The number of aliphatic hydroxyl groups excluding tert-OH is 9. The number of carboxylic acids is 2. The molecule has 6 aliphatic heterocycles. The van der Waals surface area contributed by atoms with E-state index in [1.54, 1.807) is 45.2 Å². The van der Waals surface area contributed by atoms with E-state index in [0.29, 0.717) is 89.6 Å². The third-order valence-electron chi connectivity index (χ3n) is 19.2. The first-order valence-electron chi connectivity index (χ1n) is 35.6. The Morgan fingerprint density at radius 3 is 1.19 bits per heavy atom. The van der Waals surface area contributed by atoms with Gasteiger partial charge in [-0.3, -0.25) is 63.3 Å². The number of nitro benzene ring substituents is 1. The molecule has 37 heteroatoms. The molecule has 0 spiro atoms. The number of nitrogens with two attached hydrogens (primary N) is 1. The monoisotopic (exact) mass is 1550 g/mol. The lowest BCUT2D eigenvalue weighted by Gasteiger charge is -2.24. The van der Waals surface area contributed by atoms with Crippen molar-refractivity contribution >= 4 is 53.0 Å². The third kappa shape index (κ3) is 31.0. The van der Waals surface area contributed by atoms with Gasteiger partial charge in [0, 0.05) is 131 Å². The Hall–Kier alpha value is -7.15. The lowest BCUT2D eigenvalue weighted by atomic mass is 10.1. The van der Waals surface area contributed by atoms with Gasteiger partial charge in [0.1, 0.15) is 17.6 Å². The number of ether oxygens (including phenoxy) is 9. The maximum atomic E-state index is 12.9. The number of aliphatic hydroxyl groups is 9. The number of hydrogen-bond donors (Lipinski definition) is 12. The minimum absolute atomic E-state index is 0.0113. The van der Waals surface area contributed by atoms with Crippen LogP contribution in [0.3, 0.4) is 0 Å². The number of esters is 3. The van der Waals surface area contributed by atoms with Crippen LogP contribution in [0.15, 0.2) is 24.3 Å². The fraction of sp³-hybridized carbons (Fsp3) is 0.732. The van der Waals surface area contributed by atoms with Gasteiger partial charge in [-0.15, -0.1) is 0 Å². The number of hydrogen-bond acceptors (Lipinski definition) is 32. The second kappa shape index (κ2) is 47.8. The predicted molar refractivity (Wildman–Crippen MR) is 387 cm³/mol. The van der Waals surface area contributed by atoms with E-state index in [2.05, 4.69) is 9.64 Å². The minimum Gasteiger partial charge on any atom is -0.493 e. The number of aliphatic carboxylic acids is 2. The zero-order chi connectivity index (χ0) is 81.4. The second-order valence-corrected chi connectivity index (χ2v) is 27.9. The number of likely N-dealkylation sites (tertiary alicyclic amines) is 6. The highest BCUT2D eigenvalue weighted by molar-refractivity contribution is 6.01. The van der Waals surface area contributed by atoms with E-state index in [0.717, 1.165) is 64.5 Å². The smallest absolute Gasteiger partial charge is 0.323 e. The molecule has 8 aliphatic rings. The molecule has 2 aromatic rings. The molecule has 6 saturated heterocycles. The van der Waals surface area contributed by atoms with E-state index in [4.69, 9.17) is 84.5 Å². The molecular formula is C71H118N8O29. The minimum atomic E-state index is -0.848. The molecule has 2 aromatic carbocycles. The number of nitrogen functional groups attached to an aromatic ring is 1. The fourth-order valence-corrected chi connectivity index (χ4v) is 13.7. The number of benzene rings is 2. The Kier molecular flexibility index (Phi) is 42.1. The van der Waals surface area contributed by atoms with E-state index in [9.17, 15) is 59.0 Å². The summed E-state index contributed by atoms with van der Waals surface area (Å²) in [5.41, 5.74) is 5.59. The van der Waals surface area contributed by atoms with Crippen molar-refractivity contribution in [2.75, 3.05) is 156 Å². The largest absolute Gasteiger partial charge is 0.493 e. The van der Waals surface area contributed by atoms with Crippen molar-refractivity contribution in [3.05, 3.63) is 45.5 Å². The molecule has 616 valence electrons. The van der Waals surface area contributed by atoms with Crippen LogP contribution < -0.4 is 24.7 Å². The number of rotatable bonds is 19. The van der Waals surface area contributed by atoms with E-state index < -0.39 is 70.8 Å². The van der Waals surface area contributed by atoms with Gasteiger partial charge in [0.25, 0.3) is 17.5 Å². The average Bonchev–Trinajstić information content (AvgIpc) is 1.49. The molecule has 6 heterocycles. The summed E-state index contributed by atoms with van der Waals surface area (Å²) in [5, 5.41) is 111. The van der Waals surface area contributed by atoms with Crippen LogP contribution in [0.5, 0.6) is 23.0 Å². The van der Waals surface area contributed by atoms with Gasteiger partial charge in [-0.05, 0) is 104 Å². The molecular weight excluding hydrogens is 1430 g/mol. The first-order chi connectivity index (χ1) is 50.9. The Labute approximate surface area is 629 Å². The van der Waals surface area contributed by atoms with Crippen LogP contribution in [0, 0.1) is 22.0 Å². The van der Waals surface area contributed by atoms with Crippen molar-refractivity contribution < 1.29 is 137 Å². The standard InChI is InChI=1S/C16H20N2O8.C16H22N2O6.C7H13NO3.C7H15NO2.C7H14O2.C6H11NO3.C6H13NO2.C6H10O3/c1-9(19)26-15-6-13(18(22)23)12(5-14(15)25-3)16(21)17-7-11(20)4-10(17)8-24-2;1-9(19)24-15-6-13(17)12(5-14(15)23-3)16(21)18-7-11(20)4-10(18)8-22-2;1-8-4-5(9)3-6(8)7(10)11-2;1-8-4-7(9)3-6(8)5-10-2;1-9-5-6-2-3-7(8)4-6;1-7-3-4(8)2-5(7)6(9)10;1-7-3-6(9)2-5(7)4-8;7-5-2-1-4(3-5)6(8)9/h5-6,10-11,20H,4,7-8H2,1-3H3;5-6,10-11,20H,4,7-8,17H2,1-3H3;5-6,9H,3-4H2,1-2H3;6-7,9H,3-5H2,1-2H3;6-8H,2-5H2,1H3;4-5,8H,2-3H2,1H3,(H,9,10);5-6,8-9H,2-4H2,1H3;4-5,7H,1-3H2,(H,8,9)/t2*10-,11+;5-,6+;6-,7+;6-,7-;4-,5+;5-,6+;4-,5-/m00100100/s1. The number of carbonyl (C=O) groups is 7. The summed E-state index contributed by atoms with van der Waals surface area (Å²) in [4.78, 5) is 101. The number of nitrogens with zero attached hydrogens (tertiary/aromatic N) is 7. The van der Waals surface area contributed by atoms with Gasteiger partial charge in [0.15, 0.2) is 23.0 Å². The highest BCUT2D eigenvalue weighted by Gasteiger charge is 2.40. The van der Waals surface area contributed by atoms with Gasteiger partial charge >= 0.3 is 29.8 Å². The maximum absolute atomic E-state index is 12.9. The van der Waals surface area contributed by atoms with E-state index in [1.165, 1.54) is 57.3 Å². The van der Waals surface area contributed by atoms with Crippen LogP contribution >= 0.6 is 0 Å². The van der Waals surface area contributed by atoms with Crippen molar-refractivity contribution in [3.8, 4) is 23.0 Å². The lowest BCUT2D eigenvalue weighted by molar-refractivity contribution is -0.385. The zero-order valence-electron chi connectivity index (χ0n) is 64.3. The number of carbonyl (C=O) groups excluding carboxylic acids is 5. The molecule has 37 nitrogen and oxygen atoms in total. The van der Waals surface area contributed by atoms with Gasteiger partial charge in [-0.1, -0.05) is 0 Å². The Bertz CT molecular complexity index is 3140. The number of β-amino-alcohol motifs (C(OH)–C–C–N with tert-alkyl or cyclic N) is 6.